The molecule has 0 aromatic carbocycles. The van der Waals surface area contributed by atoms with Crippen LogP contribution in [0, 0.1) is 11.3 Å². The highest BCUT2D eigenvalue weighted by molar-refractivity contribution is 5.62. The second kappa shape index (κ2) is 5.31. The van der Waals surface area contributed by atoms with Crippen molar-refractivity contribution in [3.05, 3.63) is 22.4 Å². The fraction of sp³-hybridized carbons (Fsp3) is 0.647. The SMILES string of the molecule is CCc1nc(N2CCCC2)c(C#N)c2c1COC(C)(C)C2. The third-order valence-corrected chi connectivity index (χ3v) is 4.54. The second-order valence-electron chi connectivity index (χ2n) is 6.60. The number of pyridine rings is 1. The first-order chi connectivity index (χ1) is 10.1. The molecule has 3 rings (SSSR count). The lowest BCUT2D eigenvalue weighted by Gasteiger charge is -2.34. The van der Waals surface area contributed by atoms with Crippen molar-refractivity contribution < 1.29 is 4.74 Å². The van der Waals surface area contributed by atoms with Gasteiger partial charge in [-0.05, 0) is 38.7 Å². The summed E-state index contributed by atoms with van der Waals surface area (Å²) in [6, 6.07) is 2.43. The summed E-state index contributed by atoms with van der Waals surface area (Å²) in [5.41, 5.74) is 3.99. The van der Waals surface area contributed by atoms with Crippen molar-refractivity contribution in [3.8, 4) is 6.07 Å². The molecule has 4 heteroatoms. The highest BCUT2D eigenvalue weighted by Gasteiger charge is 2.32. The van der Waals surface area contributed by atoms with Crippen molar-refractivity contribution in [3.63, 3.8) is 0 Å². The Bertz CT molecular complexity index is 595. The van der Waals surface area contributed by atoms with E-state index in [0.717, 1.165) is 48.6 Å². The third kappa shape index (κ3) is 2.51. The molecule has 1 aromatic heterocycles. The van der Waals surface area contributed by atoms with E-state index in [1.165, 1.54) is 18.4 Å². The highest BCUT2D eigenvalue weighted by Crippen LogP contribution is 2.36. The molecule has 3 heterocycles. The Morgan fingerprint density at radius 1 is 1.29 bits per heavy atom. The van der Waals surface area contributed by atoms with Gasteiger partial charge in [0, 0.05) is 30.8 Å². The van der Waals surface area contributed by atoms with Crippen LogP contribution in [0.4, 0.5) is 5.82 Å². The van der Waals surface area contributed by atoms with Gasteiger partial charge >= 0.3 is 0 Å². The molecule has 0 atom stereocenters. The van der Waals surface area contributed by atoms with Gasteiger partial charge in [0.25, 0.3) is 0 Å². The van der Waals surface area contributed by atoms with Crippen molar-refractivity contribution in [2.45, 2.75) is 58.7 Å². The zero-order valence-electron chi connectivity index (χ0n) is 13.2. The standard InChI is InChI=1S/C17H23N3O/c1-4-15-14-11-21-17(2,3)9-12(14)13(10-18)16(19-15)20-7-5-6-8-20/h4-9,11H2,1-3H3. The van der Waals surface area contributed by atoms with Gasteiger partial charge in [0.15, 0.2) is 0 Å². The number of hydrogen-bond donors (Lipinski definition) is 0. The summed E-state index contributed by atoms with van der Waals surface area (Å²) in [4.78, 5) is 7.11. The number of nitriles is 1. The molecule has 0 radical (unpaired) electrons. The number of nitrogens with zero attached hydrogens (tertiary/aromatic N) is 3. The number of rotatable bonds is 2. The summed E-state index contributed by atoms with van der Waals surface area (Å²) in [7, 11) is 0. The number of fused-ring (bicyclic) bond motifs is 1. The van der Waals surface area contributed by atoms with Gasteiger partial charge in [0.1, 0.15) is 11.9 Å². The van der Waals surface area contributed by atoms with Crippen LogP contribution in [0.15, 0.2) is 0 Å². The van der Waals surface area contributed by atoms with E-state index in [4.69, 9.17) is 9.72 Å². The minimum Gasteiger partial charge on any atom is -0.370 e. The topological polar surface area (TPSA) is 49.2 Å². The molecular weight excluding hydrogens is 262 g/mol. The lowest BCUT2D eigenvalue weighted by atomic mass is 9.87. The van der Waals surface area contributed by atoms with Gasteiger partial charge in [0.05, 0.1) is 17.8 Å². The smallest absolute Gasteiger partial charge is 0.147 e. The van der Waals surface area contributed by atoms with Gasteiger partial charge in [-0.1, -0.05) is 6.92 Å². The lowest BCUT2D eigenvalue weighted by Crippen LogP contribution is -2.34. The van der Waals surface area contributed by atoms with E-state index in [0.29, 0.717) is 6.61 Å². The maximum Gasteiger partial charge on any atom is 0.147 e. The molecule has 1 fully saturated rings. The van der Waals surface area contributed by atoms with Gasteiger partial charge in [-0.15, -0.1) is 0 Å². The maximum atomic E-state index is 9.71. The van der Waals surface area contributed by atoms with Crippen molar-refractivity contribution in [1.29, 1.82) is 5.26 Å². The largest absolute Gasteiger partial charge is 0.370 e. The summed E-state index contributed by atoms with van der Waals surface area (Å²) in [6.45, 7) is 8.93. The second-order valence-corrected chi connectivity index (χ2v) is 6.60. The van der Waals surface area contributed by atoms with Crippen LogP contribution < -0.4 is 4.90 Å². The molecule has 0 amide bonds. The number of hydrogen-bond acceptors (Lipinski definition) is 4. The van der Waals surface area contributed by atoms with E-state index >= 15 is 0 Å². The van der Waals surface area contributed by atoms with E-state index in [9.17, 15) is 5.26 Å². The molecule has 2 aliphatic heterocycles. The highest BCUT2D eigenvalue weighted by atomic mass is 16.5. The van der Waals surface area contributed by atoms with Crippen LogP contribution in [0.1, 0.15) is 56.0 Å². The van der Waals surface area contributed by atoms with Crippen molar-refractivity contribution >= 4 is 5.82 Å². The monoisotopic (exact) mass is 285 g/mol. The first kappa shape index (κ1) is 14.3. The molecule has 0 N–H and O–H groups in total. The normalized spacial score (nSPS) is 20.2. The average Bonchev–Trinajstić information content (AvgIpc) is 2.98. The number of anilines is 1. The zero-order chi connectivity index (χ0) is 15.0. The summed E-state index contributed by atoms with van der Waals surface area (Å²) in [5, 5.41) is 9.71. The van der Waals surface area contributed by atoms with Gasteiger partial charge in [-0.2, -0.15) is 5.26 Å². The van der Waals surface area contributed by atoms with Crippen molar-refractivity contribution in [2.75, 3.05) is 18.0 Å². The molecule has 2 aliphatic rings. The Morgan fingerprint density at radius 3 is 2.62 bits per heavy atom. The van der Waals surface area contributed by atoms with E-state index in [1.807, 2.05) is 0 Å². The molecule has 1 saturated heterocycles. The number of ether oxygens (including phenoxy) is 1. The first-order valence-corrected chi connectivity index (χ1v) is 7.89. The van der Waals surface area contributed by atoms with Gasteiger partial charge in [-0.25, -0.2) is 4.98 Å². The number of aromatic nitrogens is 1. The van der Waals surface area contributed by atoms with E-state index in [-0.39, 0.29) is 5.60 Å². The average molecular weight is 285 g/mol. The quantitative estimate of drug-likeness (QED) is 0.838. The van der Waals surface area contributed by atoms with Crippen LogP contribution in [0.5, 0.6) is 0 Å². The van der Waals surface area contributed by atoms with Crippen LogP contribution in [0.25, 0.3) is 0 Å². The lowest BCUT2D eigenvalue weighted by molar-refractivity contribution is -0.0406. The molecule has 112 valence electrons. The van der Waals surface area contributed by atoms with E-state index < -0.39 is 0 Å². The summed E-state index contributed by atoms with van der Waals surface area (Å²) >= 11 is 0. The molecule has 4 nitrogen and oxygen atoms in total. The first-order valence-electron chi connectivity index (χ1n) is 7.89. The van der Waals surface area contributed by atoms with Crippen molar-refractivity contribution in [1.82, 2.24) is 4.98 Å². The van der Waals surface area contributed by atoms with Crippen molar-refractivity contribution in [2.24, 2.45) is 0 Å². The molecule has 0 unspecified atom stereocenters. The molecular formula is C17H23N3O. The molecule has 0 bridgehead atoms. The zero-order valence-corrected chi connectivity index (χ0v) is 13.2. The molecule has 1 aromatic rings. The minimum atomic E-state index is -0.201. The summed E-state index contributed by atoms with van der Waals surface area (Å²) < 4.78 is 5.94. The van der Waals surface area contributed by atoms with Crippen LogP contribution in [-0.4, -0.2) is 23.7 Å². The Balaban J connectivity index is 2.16. The van der Waals surface area contributed by atoms with Gasteiger partial charge in [-0.3, -0.25) is 0 Å². The predicted molar refractivity (Wildman–Crippen MR) is 82.3 cm³/mol. The Hall–Kier alpha value is -1.60. The van der Waals surface area contributed by atoms with E-state index in [1.54, 1.807) is 0 Å². The summed E-state index contributed by atoms with van der Waals surface area (Å²) in [6.07, 6.45) is 4.07. The van der Waals surface area contributed by atoms with Crippen LogP contribution in [0.3, 0.4) is 0 Å². The molecule has 0 saturated carbocycles. The Labute approximate surface area is 126 Å². The number of aryl methyl sites for hydroxylation is 1. The summed E-state index contributed by atoms with van der Waals surface area (Å²) in [5.74, 6) is 0.906. The van der Waals surface area contributed by atoms with E-state index in [2.05, 4.69) is 31.7 Å². The molecule has 21 heavy (non-hydrogen) atoms. The molecule has 0 spiro atoms. The molecule has 0 aliphatic carbocycles. The third-order valence-electron chi connectivity index (χ3n) is 4.54. The van der Waals surface area contributed by atoms with Gasteiger partial charge in [0.2, 0.25) is 0 Å². The van der Waals surface area contributed by atoms with Crippen LogP contribution >= 0.6 is 0 Å². The minimum absolute atomic E-state index is 0.201. The maximum absolute atomic E-state index is 9.71. The fourth-order valence-electron chi connectivity index (χ4n) is 3.39. The Morgan fingerprint density at radius 2 is 2.00 bits per heavy atom. The predicted octanol–water partition coefficient (Wildman–Crippen LogP) is 2.97. The van der Waals surface area contributed by atoms with Crippen LogP contribution in [0.2, 0.25) is 0 Å². The van der Waals surface area contributed by atoms with Gasteiger partial charge < -0.3 is 9.64 Å². The Kier molecular flexibility index (Phi) is 3.62. The van der Waals surface area contributed by atoms with Crippen LogP contribution in [-0.2, 0) is 24.2 Å². The fourth-order valence-corrected chi connectivity index (χ4v) is 3.39.